The minimum atomic E-state index is -1.73. The van der Waals surface area contributed by atoms with Crippen molar-refractivity contribution in [3.63, 3.8) is 0 Å². The van der Waals surface area contributed by atoms with Gasteiger partial charge in [-0.3, -0.25) is 4.90 Å². The van der Waals surface area contributed by atoms with E-state index in [-0.39, 0.29) is 43.9 Å². The van der Waals surface area contributed by atoms with E-state index in [1.54, 1.807) is 17.9 Å². The van der Waals surface area contributed by atoms with E-state index in [9.17, 15) is 24.2 Å². The lowest BCUT2D eigenvalue weighted by Crippen LogP contribution is -2.62. The standard InChI is InChI=1S/C21H23F2NO5/c1-14-15(18(25)26)5-4-8-21(14,19(27)28)24-11-9-20(23,10-12-24)13-29-17-7-3-2-6-16(17)22/h2-8,14H,9-13H2,1H3,(H,25,26)(H,27,28). The van der Waals surface area contributed by atoms with Gasteiger partial charge in [-0.25, -0.2) is 18.4 Å². The van der Waals surface area contributed by atoms with Crippen LogP contribution in [-0.4, -0.2) is 58.0 Å². The highest BCUT2D eigenvalue weighted by atomic mass is 19.1. The van der Waals surface area contributed by atoms with Crippen molar-refractivity contribution in [1.29, 1.82) is 0 Å². The van der Waals surface area contributed by atoms with Gasteiger partial charge in [0.1, 0.15) is 17.8 Å². The minimum absolute atomic E-state index is 0.00475. The van der Waals surface area contributed by atoms with Crippen molar-refractivity contribution in [3.8, 4) is 5.75 Å². The molecule has 8 heteroatoms. The lowest BCUT2D eigenvalue weighted by atomic mass is 9.74. The molecule has 2 unspecified atom stereocenters. The Balaban J connectivity index is 1.72. The van der Waals surface area contributed by atoms with Gasteiger partial charge in [-0.1, -0.05) is 37.3 Å². The normalized spacial score (nSPS) is 26.6. The summed E-state index contributed by atoms with van der Waals surface area (Å²) in [5.41, 5.74) is -3.29. The number of ether oxygens (including phenoxy) is 1. The van der Waals surface area contributed by atoms with Gasteiger partial charge in [0, 0.05) is 24.6 Å². The monoisotopic (exact) mass is 407 g/mol. The van der Waals surface area contributed by atoms with Gasteiger partial charge in [0.15, 0.2) is 11.6 Å². The maximum absolute atomic E-state index is 15.2. The quantitative estimate of drug-likeness (QED) is 0.754. The summed E-state index contributed by atoms with van der Waals surface area (Å²) in [6.07, 6.45) is 4.26. The van der Waals surface area contributed by atoms with E-state index in [2.05, 4.69) is 0 Å². The van der Waals surface area contributed by atoms with Crippen LogP contribution in [0.5, 0.6) is 5.75 Å². The number of hydrogen-bond donors (Lipinski definition) is 2. The molecule has 2 aliphatic rings. The zero-order valence-electron chi connectivity index (χ0n) is 16.0. The van der Waals surface area contributed by atoms with Gasteiger partial charge in [-0.05, 0) is 25.0 Å². The summed E-state index contributed by atoms with van der Waals surface area (Å²) < 4.78 is 34.2. The van der Waals surface area contributed by atoms with Crippen molar-refractivity contribution in [2.24, 2.45) is 5.92 Å². The highest BCUT2D eigenvalue weighted by molar-refractivity contribution is 5.92. The van der Waals surface area contributed by atoms with Crippen LogP contribution in [0, 0.1) is 11.7 Å². The number of halogens is 2. The second-order valence-electron chi connectivity index (χ2n) is 7.50. The molecule has 1 aromatic carbocycles. The van der Waals surface area contributed by atoms with Crippen LogP contribution in [-0.2, 0) is 9.59 Å². The Bertz CT molecular complexity index is 860. The molecule has 0 spiro atoms. The fourth-order valence-electron chi connectivity index (χ4n) is 4.04. The van der Waals surface area contributed by atoms with Crippen LogP contribution in [0.1, 0.15) is 19.8 Å². The first-order valence-electron chi connectivity index (χ1n) is 9.37. The molecule has 2 atom stereocenters. The lowest BCUT2D eigenvalue weighted by Gasteiger charge is -2.48. The number of benzene rings is 1. The molecule has 3 rings (SSSR count). The molecule has 1 aliphatic carbocycles. The Morgan fingerprint density at radius 2 is 1.90 bits per heavy atom. The molecule has 1 saturated heterocycles. The van der Waals surface area contributed by atoms with E-state index >= 15 is 4.39 Å². The van der Waals surface area contributed by atoms with Crippen LogP contribution < -0.4 is 4.74 Å². The fraction of sp³-hybridized carbons (Fsp3) is 0.429. The number of alkyl halides is 1. The van der Waals surface area contributed by atoms with Crippen molar-refractivity contribution >= 4 is 11.9 Å². The maximum atomic E-state index is 15.2. The van der Waals surface area contributed by atoms with E-state index in [1.165, 1.54) is 36.4 Å². The van der Waals surface area contributed by atoms with Crippen LogP contribution in [0.2, 0.25) is 0 Å². The number of carboxylic acid groups (broad SMARTS) is 2. The van der Waals surface area contributed by atoms with Crippen molar-refractivity contribution < 1.29 is 33.3 Å². The summed E-state index contributed by atoms with van der Waals surface area (Å²) >= 11 is 0. The Labute approximate surface area is 167 Å². The van der Waals surface area contributed by atoms with Gasteiger partial charge in [0.05, 0.1) is 0 Å². The number of likely N-dealkylation sites (tertiary alicyclic amines) is 1. The Morgan fingerprint density at radius 3 is 2.48 bits per heavy atom. The van der Waals surface area contributed by atoms with Crippen molar-refractivity contribution in [2.75, 3.05) is 19.7 Å². The topological polar surface area (TPSA) is 87.1 Å². The fourth-order valence-corrected chi connectivity index (χ4v) is 4.04. The summed E-state index contributed by atoms with van der Waals surface area (Å²) in [6, 6.07) is 5.74. The largest absolute Gasteiger partial charge is 0.487 e. The Morgan fingerprint density at radius 1 is 1.24 bits per heavy atom. The molecule has 0 aromatic heterocycles. The molecule has 1 heterocycles. The first-order valence-corrected chi connectivity index (χ1v) is 9.37. The van der Waals surface area contributed by atoms with Crippen molar-refractivity contribution in [3.05, 3.63) is 53.9 Å². The average molecular weight is 407 g/mol. The molecular formula is C21H23F2NO5. The second kappa shape index (κ2) is 7.94. The summed E-state index contributed by atoms with van der Waals surface area (Å²) in [7, 11) is 0. The van der Waals surface area contributed by atoms with E-state index < -0.39 is 34.9 Å². The van der Waals surface area contributed by atoms with Crippen LogP contribution in [0.15, 0.2) is 48.1 Å². The predicted molar refractivity (Wildman–Crippen MR) is 101 cm³/mol. The summed E-state index contributed by atoms with van der Waals surface area (Å²) in [4.78, 5) is 25.3. The Hall–Kier alpha value is -2.74. The van der Waals surface area contributed by atoms with Gasteiger partial charge in [-0.15, -0.1) is 0 Å². The number of nitrogens with zero attached hydrogens (tertiary/aromatic N) is 1. The number of carbonyl (C=O) groups is 2. The Kier molecular flexibility index (Phi) is 5.75. The molecule has 6 nitrogen and oxygen atoms in total. The molecule has 0 bridgehead atoms. The molecule has 0 saturated carbocycles. The third-order valence-electron chi connectivity index (χ3n) is 5.85. The number of hydrogen-bond acceptors (Lipinski definition) is 4. The average Bonchev–Trinajstić information content (AvgIpc) is 2.68. The number of allylic oxidation sites excluding steroid dienone is 2. The maximum Gasteiger partial charge on any atom is 0.331 e. The van der Waals surface area contributed by atoms with Gasteiger partial charge in [-0.2, -0.15) is 0 Å². The second-order valence-corrected chi connectivity index (χ2v) is 7.50. The first-order chi connectivity index (χ1) is 13.7. The molecule has 156 valence electrons. The molecule has 29 heavy (non-hydrogen) atoms. The molecule has 1 aromatic rings. The number of piperidine rings is 1. The molecule has 1 fully saturated rings. The summed E-state index contributed by atoms with van der Waals surface area (Å²) in [6.45, 7) is 1.42. The van der Waals surface area contributed by atoms with Crippen LogP contribution in [0.3, 0.4) is 0 Å². The molecule has 2 N–H and O–H groups in total. The molecular weight excluding hydrogens is 384 g/mol. The summed E-state index contributed by atoms with van der Waals surface area (Å²) in [5.74, 6) is -3.78. The molecule has 0 amide bonds. The number of aliphatic carboxylic acids is 2. The van der Waals surface area contributed by atoms with Crippen molar-refractivity contribution in [1.82, 2.24) is 4.90 Å². The predicted octanol–water partition coefficient (Wildman–Crippen LogP) is 3.05. The number of carboxylic acids is 2. The lowest BCUT2D eigenvalue weighted by molar-refractivity contribution is -0.153. The van der Waals surface area contributed by atoms with Crippen LogP contribution >= 0.6 is 0 Å². The van der Waals surface area contributed by atoms with E-state index in [0.717, 1.165) is 0 Å². The SMILES string of the molecule is CC1C(C(=O)O)=CC=CC1(C(=O)O)N1CCC(F)(COc2ccccc2F)CC1. The van der Waals surface area contributed by atoms with Crippen LogP contribution in [0.4, 0.5) is 8.78 Å². The zero-order valence-corrected chi connectivity index (χ0v) is 16.0. The zero-order chi connectivity index (χ0) is 21.2. The smallest absolute Gasteiger partial charge is 0.331 e. The van der Waals surface area contributed by atoms with Crippen LogP contribution in [0.25, 0.3) is 0 Å². The minimum Gasteiger partial charge on any atom is -0.487 e. The third kappa shape index (κ3) is 3.89. The summed E-state index contributed by atoms with van der Waals surface area (Å²) in [5, 5.41) is 19.3. The van der Waals surface area contributed by atoms with Gasteiger partial charge in [0.25, 0.3) is 0 Å². The van der Waals surface area contributed by atoms with Gasteiger partial charge >= 0.3 is 11.9 Å². The molecule has 0 radical (unpaired) electrons. The van der Waals surface area contributed by atoms with Gasteiger partial charge in [0.2, 0.25) is 0 Å². The highest BCUT2D eigenvalue weighted by Gasteiger charge is 2.52. The number of rotatable bonds is 6. The van der Waals surface area contributed by atoms with Gasteiger partial charge < -0.3 is 14.9 Å². The third-order valence-corrected chi connectivity index (χ3v) is 5.85. The highest BCUT2D eigenvalue weighted by Crippen LogP contribution is 2.39. The van der Waals surface area contributed by atoms with E-state index in [0.29, 0.717) is 0 Å². The first kappa shape index (κ1) is 21.0. The van der Waals surface area contributed by atoms with E-state index in [1.807, 2.05) is 0 Å². The van der Waals surface area contributed by atoms with E-state index in [4.69, 9.17) is 4.74 Å². The molecule has 1 aliphatic heterocycles. The van der Waals surface area contributed by atoms with Crippen molar-refractivity contribution in [2.45, 2.75) is 31.0 Å². The number of para-hydroxylation sites is 1.